The van der Waals surface area contributed by atoms with Crippen molar-refractivity contribution in [3.63, 3.8) is 0 Å². The van der Waals surface area contributed by atoms with Crippen LogP contribution in [0.15, 0.2) is 18.5 Å². The van der Waals surface area contributed by atoms with E-state index < -0.39 is 5.54 Å². The molecule has 134 valence electrons. The predicted octanol–water partition coefficient (Wildman–Crippen LogP) is 0.767. The number of piperidine rings is 1. The van der Waals surface area contributed by atoms with Crippen molar-refractivity contribution in [3.8, 4) is 0 Å². The Hall–Kier alpha value is -2.22. The number of nitrogens with one attached hydrogen (secondary N) is 2. The molecule has 2 N–H and O–H groups in total. The Morgan fingerprint density at radius 2 is 2.28 bits per heavy atom. The summed E-state index contributed by atoms with van der Waals surface area (Å²) in [7, 11) is 0. The van der Waals surface area contributed by atoms with E-state index in [4.69, 9.17) is 0 Å². The minimum absolute atomic E-state index is 0.0391. The van der Waals surface area contributed by atoms with Crippen molar-refractivity contribution < 1.29 is 4.79 Å². The van der Waals surface area contributed by atoms with Crippen LogP contribution < -0.4 is 10.6 Å². The van der Waals surface area contributed by atoms with Gasteiger partial charge in [0.2, 0.25) is 5.91 Å². The molecule has 25 heavy (non-hydrogen) atoms. The molecule has 0 saturated carbocycles. The van der Waals surface area contributed by atoms with E-state index in [0.717, 1.165) is 63.4 Å². The Balaban J connectivity index is 1.60. The van der Waals surface area contributed by atoms with Crippen LogP contribution in [0.1, 0.15) is 50.3 Å². The molecule has 1 amide bonds. The molecule has 2 aromatic rings. The maximum absolute atomic E-state index is 13.3. The first-order chi connectivity index (χ1) is 12.2. The van der Waals surface area contributed by atoms with Gasteiger partial charge in [0.05, 0.1) is 6.04 Å². The first kappa shape index (κ1) is 16.3. The van der Waals surface area contributed by atoms with Crippen molar-refractivity contribution in [1.29, 1.82) is 0 Å². The maximum atomic E-state index is 13.3. The van der Waals surface area contributed by atoms with Gasteiger partial charge in [-0.05, 0) is 44.8 Å². The van der Waals surface area contributed by atoms with Gasteiger partial charge in [0.15, 0.2) is 5.82 Å². The third-order valence-corrected chi connectivity index (χ3v) is 5.34. The second-order valence-electron chi connectivity index (χ2n) is 6.86. The average Bonchev–Trinajstić information content (AvgIpc) is 3.32. The monoisotopic (exact) mass is 343 g/mol. The molecule has 4 heterocycles. The molecule has 2 aromatic heterocycles. The largest absolute Gasteiger partial charge is 0.344 e. The minimum Gasteiger partial charge on any atom is -0.344 e. The van der Waals surface area contributed by atoms with Crippen molar-refractivity contribution in [1.82, 2.24) is 35.2 Å². The Bertz CT molecular complexity index is 730. The summed E-state index contributed by atoms with van der Waals surface area (Å²) in [6.45, 7) is 4.56. The van der Waals surface area contributed by atoms with Crippen molar-refractivity contribution in [2.75, 3.05) is 13.1 Å². The summed E-state index contributed by atoms with van der Waals surface area (Å²) in [5.41, 5.74) is -0.620. The van der Waals surface area contributed by atoms with E-state index in [1.165, 1.54) is 0 Å². The van der Waals surface area contributed by atoms with E-state index in [2.05, 4.69) is 32.7 Å². The number of carbonyl (C=O) groups excluding carboxylic acids is 1. The predicted molar refractivity (Wildman–Crippen MR) is 91.8 cm³/mol. The van der Waals surface area contributed by atoms with Gasteiger partial charge in [-0.25, -0.2) is 9.67 Å². The van der Waals surface area contributed by atoms with Crippen LogP contribution in [0.25, 0.3) is 0 Å². The summed E-state index contributed by atoms with van der Waals surface area (Å²) in [5.74, 6) is 1.78. The molecule has 1 unspecified atom stereocenters. The fraction of sp³-hybridized carbons (Fsp3) is 0.647. The van der Waals surface area contributed by atoms with Gasteiger partial charge in [-0.1, -0.05) is 6.92 Å². The summed E-state index contributed by atoms with van der Waals surface area (Å²) in [6, 6.07) is 1.80. The zero-order valence-corrected chi connectivity index (χ0v) is 14.6. The molecule has 0 bridgehead atoms. The quantitative estimate of drug-likeness (QED) is 0.856. The number of hydrogen-bond donors (Lipinski definition) is 2. The number of aromatic nitrogens is 5. The van der Waals surface area contributed by atoms with Crippen LogP contribution in [0, 0.1) is 0 Å². The Morgan fingerprint density at radius 1 is 1.44 bits per heavy atom. The molecule has 2 aliphatic heterocycles. The van der Waals surface area contributed by atoms with Crippen LogP contribution in [0.2, 0.25) is 0 Å². The van der Waals surface area contributed by atoms with Crippen LogP contribution in [-0.2, 0) is 23.3 Å². The molecule has 4 rings (SSSR count). The molecule has 0 spiro atoms. The van der Waals surface area contributed by atoms with Gasteiger partial charge >= 0.3 is 0 Å². The molecule has 8 nitrogen and oxygen atoms in total. The molecule has 0 aliphatic carbocycles. The third-order valence-electron chi connectivity index (χ3n) is 5.34. The highest BCUT2D eigenvalue weighted by molar-refractivity contribution is 5.85. The van der Waals surface area contributed by atoms with Crippen LogP contribution in [-0.4, -0.2) is 43.5 Å². The van der Waals surface area contributed by atoms with E-state index >= 15 is 0 Å². The third kappa shape index (κ3) is 2.84. The number of carbonyl (C=O) groups is 1. The molecule has 8 heteroatoms. The van der Waals surface area contributed by atoms with Gasteiger partial charge in [0.25, 0.3) is 0 Å². The summed E-state index contributed by atoms with van der Waals surface area (Å²) in [6.07, 6.45) is 7.82. The summed E-state index contributed by atoms with van der Waals surface area (Å²) in [4.78, 5) is 18.0. The number of nitrogens with zero attached hydrogens (tertiary/aromatic N) is 5. The Labute approximate surface area is 147 Å². The molecular formula is C17H25N7O. The second kappa shape index (κ2) is 6.59. The van der Waals surface area contributed by atoms with Gasteiger partial charge in [0, 0.05) is 25.4 Å². The fourth-order valence-corrected chi connectivity index (χ4v) is 3.90. The normalized spacial score (nSPS) is 22.4. The smallest absolute Gasteiger partial charge is 0.248 e. The summed E-state index contributed by atoms with van der Waals surface area (Å²) < 4.78 is 3.78. The molecule has 0 radical (unpaired) electrons. The zero-order chi connectivity index (χ0) is 17.3. The highest BCUT2D eigenvalue weighted by Gasteiger charge is 2.43. The molecule has 2 aliphatic rings. The van der Waals surface area contributed by atoms with Gasteiger partial charge in [-0.3, -0.25) is 9.48 Å². The fourth-order valence-electron chi connectivity index (χ4n) is 3.90. The molecule has 1 atom stereocenters. The Kier molecular flexibility index (Phi) is 4.29. The van der Waals surface area contributed by atoms with Gasteiger partial charge in [-0.15, -0.1) is 0 Å². The minimum atomic E-state index is -0.620. The van der Waals surface area contributed by atoms with Crippen LogP contribution in [0.4, 0.5) is 0 Å². The number of aryl methyl sites for hydroxylation is 2. The number of amides is 1. The second-order valence-corrected chi connectivity index (χ2v) is 6.86. The Morgan fingerprint density at radius 3 is 3.00 bits per heavy atom. The molecular weight excluding hydrogens is 318 g/mol. The molecule has 0 aromatic carbocycles. The zero-order valence-electron chi connectivity index (χ0n) is 14.6. The summed E-state index contributed by atoms with van der Waals surface area (Å²) >= 11 is 0. The van der Waals surface area contributed by atoms with Crippen molar-refractivity contribution in [2.24, 2.45) is 0 Å². The van der Waals surface area contributed by atoms with E-state index in [9.17, 15) is 4.79 Å². The van der Waals surface area contributed by atoms with Crippen molar-refractivity contribution >= 4 is 5.91 Å². The lowest BCUT2D eigenvalue weighted by Gasteiger charge is -2.38. The summed E-state index contributed by atoms with van der Waals surface area (Å²) in [5, 5.41) is 15.5. The lowest BCUT2D eigenvalue weighted by atomic mass is 9.87. The van der Waals surface area contributed by atoms with Gasteiger partial charge < -0.3 is 10.6 Å². The topological polar surface area (TPSA) is 89.7 Å². The van der Waals surface area contributed by atoms with E-state index in [1.807, 2.05) is 21.6 Å². The average molecular weight is 343 g/mol. The lowest BCUT2D eigenvalue weighted by Crippen LogP contribution is -2.55. The van der Waals surface area contributed by atoms with Crippen molar-refractivity contribution in [2.45, 2.75) is 57.2 Å². The first-order valence-corrected chi connectivity index (χ1v) is 9.18. The van der Waals surface area contributed by atoms with Gasteiger partial charge in [0.1, 0.15) is 11.4 Å². The number of fused-ring (bicyclic) bond motifs is 1. The first-order valence-electron chi connectivity index (χ1n) is 9.18. The van der Waals surface area contributed by atoms with Crippen molar-refractivity contribution in [3.05, 3.63) is 30.1 Å². The number of hydrogen-bond acceptors (Lipinski definition) is 5. The molecule has 1 saturated heterocycles. The highest BCUT2D eigenvalue weighted by atomic mass is 16.2. The highest BCUT2D eigenvalue weighted by Crippen LogP contribution is 2.30. The SMILES string of the molecule is CCc1nc2n(n1)CCCC2NC(=O)C1(n2cccn2)CCNCC1. The van der Waals surface area contributed by atoms with E-state index in [0.29, 0.717) is 0 Å². The lowest BCUT2D eigenvalue weighted by molar-refractivity contribution is -0.133. The van der Waals surface area contributed by atoms with E-state index in [-0.39, 0.29) is 11.9 Å². The van der Waals surface area contributed by atoms with Crippen LogP contribution in [0.3, 0.4) is 0 Å². The van der Waals surface area contributed by atoms with Crippen LogP contribution >= 0.6 is 0 Å². The van der Waals surface area contributed by atoms with E-state index in [1.54, 1.807) is 6.20 Å². The maximum Gasteiger partial charge on any atom is 0.248 e. The number of rotatable bonds is 4. The van der Waals surface area contributed by atoms with Crippen LogP contribution in [0.5, 0.6) is 0 Å². The standard InChI is InChI=1S/C17H25N7O/c1-2-14-21-15-13(5-3-11-23(15)22-14)20-16(25)17(6-9-18-10-7-17)24-12-4-8-19-24/h4,8,12-13,18H,2-3,5-7,9-11H2,1H3,(H,20,25). The van der Waals surface area contributed by atoms with Gasteiger partial charge in [-0.2, -0.15) is 10.2 Å². The molecule has 1 fully saturated rings.